The minimum Gasteiger partial charge on any atom is -0.474 e. The molecule has 0 saturated heterocycles. The van der Waals surface area contributed by atoms with Crippen LogP contribution in [-0.4, -0.2) is 17.5 Å². The van der Waals surface area contributed by atoms with E-state index in [1.54, 1.807) is 18.3 Å². The van der Waals surface area contributed by atoms with Crippen molar-refractivity contribution in [2.24, 2.45) is 0 Å². The number of aromatic nitrogens is 1. The highest BCUT2D eigenvalue weighted by Crippen LogP contribution is 2.23. The van der Waals surface area contributed by atoms with E-state index in [0.29, 0.717) is 24.1 Å². The lowest BCUT2D eigenvalue weighted by Crippen LogP contribution is -2.11. The molecule has 1 N–H and O–H groups in total. The van der Waals surface area contributed by atoms with Crippen LogP contribution in [0.1, 0.15) is 25.7 Å². The number of pyridine rings is 1. The van der Waals surface area contributed by atoms with Crippen LogP contribution in [0.3, 0.4) is 0 Å². The van der Waals surface area contributed by atoms with Crippen LogP contribution < -0.4 is 10.1 Å². The van der Waals surface area contributed by atoms with Crippen LogP contribution in [0.5, 0.6) is 5.88 Å². The summed E-state index contributed by atoms with van der Waals surface area (Å²) >= 11 is 0. The summed E-state index contributed by atoms with van der Waals surface area (Å²) in [6.45, 7) is 0. The zero-order valence-electron chi connectivity index (χ0n) is 8.48. The summed E-state index contributed by atoms with van der Waals surface area (Å²) < 4.78 is 5.68. The van der Waals surface area contributed by atoms with Crippen LogP contribution in [0, 0.1) is 0 Å². The monoisotopic (exact) mass is 206 g/mol. The van der Waals surface area contributed by atoms with E-state index in [9.17, 15) is 4.79 Å². The highest BCUT2D eigenvalue weighted by Gasteiger charge is 2.16. The second-order valence-electron chi connectivity index (χ2n) is 3.67. The Kier molecular flexibility index (Phi) is 3.17. The summed E-state index contributed by atoms with van der Waals surface area (Å²) in [6, 6.07) is 3.57. The molecular weight excluding hydrogens is 192 g/mol. The van der Waals surface area contributed by atoms with Gasteiger partial charge in [0.15, 0.2) is 0 Å². The molecule has 1 saturated carbocycles. The first kappa shape index (κ1) is 9.96. The Bertz CT molecular complexity index is 318. The van der Waals surface area contributed by atoms with E-state index < -0.39 is 0 Å². The van der Waals surface area contributed by atoms with E-state index in [1.165, 1.54) is 12.8 Å². The van der Waals surface area contributed by atoms with Gasteiger partial charge in [0.2, 0.25) is 12.3 Å². The average molecular weight is 206 g/mol. The molecule has 1 aliphatic rings. The van der Waals surface area contributed by atoms with Crippen molar-refractivity contribution in [1.82, 2.24) is 4.98 Å². The van der Waals surface area contributed by atoms with Crippen LogP contribution in [0.4, 0.5) is 5.69 Å². The molecule has 0 spiro atoms. The molecule has 0 aliphatic heterocycles. The Morgan fingerprint density at radius 1 is 1.40 bits per heavy atom. The minimum absolute atomic E-state index is 0.322. The highest BCUT2D eigenvalue weighted by atomic mass is 16.5. The Labute approximate surface area is 88.7 Å². The molecule has 0 atom stereocenters. The molecule has 0 radical (unpaired) electrons. The number of carbonyl (C=O) groups is 1. The predicted octanol–water partition coefficient (Wildman–Crippen LogP) is 1.97. The molecule has 1 amide bonds. The Hall–Kier alpha value is -1.58. The standard InChI is InChI=1S/C11H14N2O2/c14-8-13-9-5-6-11(12-7-9)15-10-3-1-2-4-10/h5-8,10H,1-4H2,(H,13,14). The highest BCUT2D eigenvalue weighted by molar-refractivity contribution is 5.70. The largest absolute Gasteiger partial charge is 0.474 e. The number of nitrogens with zero attached hydrogens (tertiary/aromatic N) is 1. The van der Waals surface area contributed by atoms with E-state index in [-0.39, 0.29) is 0 Å². The van der Waals surface area contributed by atoms with Crippen molar-refractivity contribution >= 4 is 12.1 Å². The van der Waals surface area contributed by atoms with E-state index in [4.69, 9.17) is 4.74 Å². The van der Waals surface area contributed by atoms with Gasteiger partial charge in [0, 0.05) is 6.07 Å². The van der Waals surface area contributed by atoms with Crippen molar-refractivity contribution in [2.75, 3.05) is 5.32 Å². The molecule has 1 aromatic rings. The Morgan fingerprint density at radius 3 is 2.80 bits per heavy atom. The molecule has 1 fully saturated rings. The van der Waals surface area contributed by atoms with Crippen LogP contribution in [0.2, 0.25) is 0 Å². The van der Waals surface area contributed by atoms with Gasteiger partial charge in [-0.2, -0.15) is 0 Å². The molecular formula is C11H14N2O2. The van der Waals surface area contributed by atoms with Crippen LogP contribution in [0.15, 0.2) is 18.3 Å². The third-order valence-corrected chi connectivity index (χ3v) is 2.55. The van der Waals surface area contributed by atoms with Gasteiger partial charge in [-0.05, 0) is 31.7 Å². The van der Waals surface area contributed by atoms with Gasteiger partial charge in [-0.3, -0.25) is 4.79 Å². The number of anilines is 1. The lowest BCUT2D eigenvalue weighted by molar-refractivity contribution is -0.105. The summed E-state index contributed by atoms with van der Waals surface area (Å²) in [6.07, 6.45) is 7.28. The number of rotatable bonds is 4. The molecule has 4 heteroatoms. The Morgan fingerprint density at radius 2 is 2.20 bits per heavy atom. The van der Waals surface area contributed by atoms with Gasteiger partial charge in [-0.25, -0.2) is 4.98 Å². The van der Waals surface area contributed by atoms with Gasteiger partial charge in [-0.1, -0.05) is 0 Å². The molecule has 1 aliphatic carbocycles. The lowest BCUT2D eigenvalue weighted by atomic mass is 10.3. The number of nitrogens with one attached hydrogen (secondary N) is 1. The first-order valence-electron chi connectivity index (χ1n) is 5.21. The molecule has 0 unspecified atom stereocenters. The second kappa shape index (κ2) is 4.77. The smallest absolute Gasteiger partial charge is 0.213 e. The number of carbonyl (C=O) groups excluding carboxylic acids is 1. The maximum atomic E-state index is 10.2. The van der Waals surface area contributed by atoms with Gasteiger partial charge in [-0.15, -0.1) is 0 Å². The maximum absolute atomic E-state index is 10.2. The predicted molar refractivity (Wildman–Crippen MR) is 56.8 cm³/mol. The number of amides is 1. The Balaban J connectivity index is 1.93. The minimum atomic E-state index is 0.322. The molecule has 4 nitrogen and oxygen atoms in total. The molecule has 80 valence electrons. The summed E-state index contributed by atoms with van der Waals surface area (Å²) in [4.78, 5) is 14.3. The topological polar surface area (TPSA) is 51.2 Å². The van der Waals surface area contributed by atoms with Crippen LogP contribution in [-0.2, 0) is 4.79 Å². The average Bonchev–Trinajstić information content (AvgIpc) is 2.74. The maximum Gasteiger partial charge on any atom is 0.213 e. The summed E-state index contributed by atoms with van der Waals surface area (Å²) in [5.74, 6) is 0.637. The molecule has 1 aromatic heterocycles. The van der Waals surface area contributed by atoms with Gasteiger partial charge >= 0.3 is 0 Å². The molecule has 15 heavy (non-hydrogen) atoms. The number of hydrogen-bond acceptors (Lipinski definition) is 3. The van der Waals surface area contributed by atoms with Gasteiger partial charge in [0.05, 0.1) is 11.9 Å². The van der Waals surface area contributed by atoms with E-state index in [2.05, 4.69) is 10.3 Å². The van der Waals surface area contributed by atoms with Crippen molar-refractivity contribution in [3.8, 4) is 5.88 Å². The summed E-state index contributed by atoms with van der Waals surface area (Å²) in [5, 5.41) is 2.53. The van der Waals surface area contributed by atoms with E-state index in [0.717, 1.165) is 12.8 Å². The first-order valence-corrected chi connectivity index (χ1v) is 5.21. The zero-order valence-corrected chi connectivity index (χ0v) is 8.48. The fourth-order valence-electron chi connectivity index (χ4n) is 1.78. The van der Waals surface area contributed by atoms with Crippen molar-refractivity contribution in [3.05, 3.63) is 18.3 Å². The van der Waals surface area contributed by atoms with Gasteiger partial charge in [0.25, 0.3) is 0 Å². The lowest BCUT2D eigenvalue weighted by Gasteiger charge is -2.11. The summed E-state index contributed by atoms with van der Waals surface area (Å²) in [5.41, 5.74) is 0.684. The SMILES string of the molecule is O=CNc1ccc(OC2CCCC2)nc1. The van der Waals surface area contributed by atoms with Crippen molar-refractivity contribution < 1.29 is 9.53 Å². The molecule has 0 aromatic carbocycles. The van der Waals surface area contributed by atoms with E-state index >= 15 is 0 Å². The zero-order chi connectivity index (χ0) is 10.5. The first-order chi connectivity index (χ1) is 7.38. The van der Waals surface area contributed by atoms with Crippen LogP contribution in [0.25, 0.3) is 0 Å². The fourth-order valence-corrected chi connectivity index (χ4v) is 1.78. The van der Waals surface area contributed by atoms with Crippen molar-refractivity contribution in [3.63, 3.8) is 0 Å². The van der Waals surface area contributed by atoms with Crippen molar-refractivity contribution in [1.29, 1.82) is 0 Å². The van der Waals surface area contributed by atoms with Crippen LogP contribution >= 0.6 is 0 Å². The second-order valence-corrected chi connectivity index (χ2v) is 3.67. The van der Waals surface area contributed by atoms with Crippen molar-refractivity contribution in [2.45, 2.75) is 31.8 Å². The third-order valence-electron chi connectivity index (χ3n) is 2.55. The quantitative estimate of drug-likeness (QED) is 0.766. The fraction of sp³-hybridized carbons (Fsp3) is 0.455. The number of ether oxygens (including phenoxy) is 1. The number of hydrogen-bond donors (Lipinski definition) is 1. The normalized spacial score (nSPS) is 16.3. The summed E-state index contributed by atoms with van der Waals surface area (Å²) in [7, 11) is 0. The van der Waals surface area contributed by atoms with E-state index in [1.807, 2.05) is 0 Å². The third kappa shape index (κ3) is 2.68. The molecule has 0 bridgehead atoms. The molecule has 1 heterocycles. The van der Waals surface area contributed by atoms with Gasteiger partial charge < -0.3 is 10.1 Å². The van der Waals surface area contributed by atoms with Gasteiger partial charge in [0.1, 0.15) is 6.10 Å². The molecule has 2 rings (SSSR count).